The van der Waals surface area contributed by atoms with Crippen LogP contribution >= 0.6 is 11.6 Å². The number of benzene rings is 1. The van der Waals surface area contributed by atoms with E-state index in [2.05, 4.69) is 0 Å². The molecular formula is C11H9ClF4N2O3. The average Bonchev–Trinajstić information content (AvgIpc) is 2.35. The Kier molecular flexibility index (Phi) is 5.36. The lowest BCUT2D eigenvalue weighted by atomic mass is 10.2. The molecular weight excluding hydrogens is 320 g/mol. The van der Waals surface area contributed by atoms with Crippen LogP contribution in [0, 0.1) is 0 Å². The monoisotopic (exact) mass is 328 g/mol. The Morgan fingerprint density at radius 1 is 1.29 bits per heavy atom. The van der Waals surface area contributed by atoms with Gasteiger partial charge in [0.05, 0.1) is 12.1 Å². The third-order valence-corrected chi connectivity index (χ3v) is 2.42. The second kappa shape index (κ2) is 6.61. The summed E-state index contributed by atoms with van der Waals surface area (Å²) in [6, 6.07) is 2.10. The Morgan fingerprint density at radius 3 is 2.43 bits per heavy atom. The van der Waals surface area contributed by atoms with Crippen molar-refractivity contribution in [2.75, 3.05) is 11.9 Å². The Bertz CT molecular complexity index is 554. The van der Waals surface area contributed by atoms with Crippen molar-refractivity contribution in [1.29, 1.82) is 0 Å². The van der Waals surface area contributed by atoms with E-state index in [1.54, 1.807) is 5.32 Å². The van der Waals surface area contributed by atoms with E-state index in [0.29, 0.717) is 0 Å². The molecule has 1 aromatic carbocycles. The summed E-state index contributed by atoms with van der Waals surface area (Å²) in [6.07, 6.45) is -3.91. The summed E-state index contributed by atoms with van der Waals surface area (Å²) in [7, 11) is 0. The maximum atomic E-state index is 12.6. The molecule has 0 aromatic heterocycles. The average molecular weight is 329 g/mol. The zero-order chi connectivity index (χ0) is 16.2. The lowest BCUT2D eigenvalue weighted by molar-refractivity contribution is -0.123. The molecule has 5 nitrogen and oxygen atoms in total. The second-order valence-electron chi connectivity index (χ2n) is 3.90. The van der Waals surface area contributed by atoms with Gasteiger partial charge in [0, 0.05) is 10.7 Å². The van der Waals surface area contributed by atoms with Crippen molar-refractivity contribution in [3.8, 4) is 0 Å². The zero-order valence-corrected chi connectivity index (χ0v) is 10.9. The van der Waals surface area contributed by atoms with Gasteiger partial charge in [0.1, 0.15) is 0 Å². The van der Waals surface area contributed by atoms with Crippen LogP contribution in [0.1, 0.15) is 10.4 Å². The fourth-order valence-corrected chi connectivity index (χ4v) is 1.47. The van der Waals surface area contributed by atoms with Crippen molar-refractivity contribution in [1.82, 2.24) is 5.32 Å². The van der Waals surface area contributed by atoms with Crippen LogP contribution in [0.2, 0.25) is 5.02 Å². The minimum atomic E-state index is -4.36. The number of carbonyl (C=O) groups is 2. The number of carboxylic acids is 1. The second-order valence-corrected chi connectivity index (χ2v) is 4.34. The van der Waals surface area contributed by atoms with Gasteiger partial charge in [0.2, 0.25) is 0 Å². The van der Waals surface area contributed by atoms with Crippen LogP contribution in [0.5, 0.6) is 0 Å². The van der Waals surface area contributed by atoms with E-state index in [1.165, 1.54) is 6.07 Å². The lowest BCUT2D eigenvalue weighted by Crippen LogP contribution is -2.42. The number of anilines is 1. The van der Waals surface area contributed by atoms with E-state index in [-0.39, 0.29) is 16.3 Å². The fourth-order valence-electron chi connectivity index (χ4n) is 1.24. The Balaban J connectivity index is 2.69. The van der Waals surface area contributed by atoms with Gasteiger partial charge in [-0.3, -0.25) is 0 Å². The molecule has 21 heavy (non-hydrogen) atoms. The Morgan fingerprint density at radius 2 is 1.90 bits per heavy atom. The van der Waals surface area contributed by atoms with E-state index < -0.39 is 30.9 Å². The van der Waals surface area contributed by atoms with Crippen molar-refractivity contribution >= 4 is 29.3 Å². The number of amides is 2. The molecule has 0 bridgehead atoms. The molecule has 10 heteroatoms. The molecule has 0 atom stereocenters. The number of halogens is 5. The molecule has 0 saturated carbocycles. The summed E-state index contributed by atoms with van der Waals surface area (Å²) < 4.78 is 48.9. The first kappa shape index (κ1) is 17.0. The third kappa shape index (κ3) is 5.10. The van der Waals surface area contributed by atoms with E-state index in [9.17, 15) is 27.2 Å². The van der Waals surface area contributed by atoms with Crippen LogP contribution in [-0.2, 0) is 0 Å². The van der Waals surface area contributed by atoms with Gasteiger partial charge < -0.3 is 15.7 Å². The third-order valence-electron chi connectivity index (χ3n) is 2.21. The van der Waals surface area contributed by atoms with Gasteiger partial charge in [-0.2, -0.15) is 8.78 Å². The van der Waals surface area contributed by atoms with Gasteiger partial charge in [0.25, 0.3) is 0 Å². The smallest absolute Gasteiger partial charge is 0.335 e. The summed E-state index contributed by atoms with van der Waals surface area (Å²) in [5, 5.41) is 12.3. The number of hydrogen-bond acceptors (Lipinski definition) is 2. The first-order valence-electron chi connectivity index (χ1n) is 5.36. The van der Waals surface area contributed by atoms with Gasteiger partial charge in [-0.1, -0.05) is 11.6 Å². The lowest BCUT2D eigenvalue weighted by Gasteiger charge is -2.16. The van der Waals surface area contributed by atoms with Crippen LogP contribution in [0.3, 0.4) is 0 Å². The summed E-state index contributed by atoms with van der Waals surface area (Å²) >= 11 is 5.61. The number of carbonyl (C=O) groups excluding carboxylic acids is 1. The molecule has 0 aliphatic carbocycles. The highest BCUT2D eigenvalue weighted by Gasteiger charge is 2.40. The number of alkyl halides is 4. The van der Waals surface area contributed by atoms with E-state index in [1.807, 2.05) is 5.32 Å². The molecule has 0 radical (unpaired) electrons. The number of urea groups is 1. The van der Waals surface area contributed by atoms with E-state index in [4.69, 9.17) is 16.7 Å². The van der Waals surface area contributed by atoms with Crippen molar-refractivity contribution in [3.05, 3.63) is 28.8 Å². The van der Waals surface area contributed by atoms with Gasteiger partial charge in [-0.15, -0.1) is 0 Å². The highest BCUT2D eigenvalue weighted by Crippen LogP contribution is 2.22. The number of nitrogens with one attached hydrogen (secondary N) is 2. The van der Waals surface area contributed by atoms with Gasteiger partial charge in [-0.05, 0) is 18.2 Å². The number of rotatable bonds is 5. The molecule has 116 valence electrons. The number of carboxylic acid groups (broad SMARTS) is 1. The normalized spacial score (nSPS) is 11.3. The molecule has 0 unspecified atom stereocenters. The zero-order valence-electron chi connectivity index (χ0n) is 10.2. The maximum Gasteiger partial charge on any atom is 0.335 e. The molecule has 0 spiro atoms. The quantitative estimate of drug-likeness (QED) is 0.727. The Labute approximate surface area is 120 Å². The molecule has 2 amide bonds. The van der Waals surface area contributed by atoms with Crippen LogP contribution < -0.4 is 10.6 Å². The highest BCUT2D eigenvalue weighted by atomic mass is 35.5. The molecule has 0 aliphatic heterocycles. The van der Waals surface area contributed by atoms with Crippen molar-refractivity contribution in [2.45, 2.75) is 12.3 Å². The largest absolute Gasteiger partial charge is 0.478 e. The van der Waals surface area contributed by atoms with E-state index in [0.717, 1.165) is 12.1 Å². The molecule has 0 saturated heterocycles. The van der Waals surface area contributed by atoms with Gasteiger partial charge >= 0.3 is 24.3 Å². The molecule has 0 aliphatic rings. The molecule has 1 rings (SSSR count). The SMILES string of the molecule is O=C(NCC(F)(F)C(F)F)Nc1cc(Cl)cc(C(=O)O)c1. The van der Waals surface area contributed by atoms with Gasteiger partial charge in [0.15, 0.2) is 0 Å². The minimum absolute atomic E-state index is 0.0110. The first-order valence-corrected chi connectivity index (χ1v) is 5.74. The molecule has 1 aromatic rings. The summed E-state index contributed by atoms with van der Waals surface area (Å²) in [5.74, 6) is -5.68. The summed E-state index contributed by atoms with van der Waals surface area (Å²) in [5.41, 5.74) is -0.325. The topological polar surface area (TPSA) is 78.4 Å². The first-order chi connectivity index (χ1) is 9.61. The van der Waals surface area contributed by atoms with Crippen LogP contribution in [0.4, 0.5) is 28.0 Å². The van der Waals surface area contributed by atoms with Crippen molar-refractivity contribution in [3.63, 3.8) is 0 Å². The molecule has 3 N–H and O–H groups in total. The molecule has 0 fully saturated rings. The summed E-state index contributed by atoms with van der Waals surface area (Å²) in [6.45, 7) is -1.57. The van der Waals surface area contributed by atoms with Crippen LogP contribution in [0.15, 0.2) is 18.2 Å². The van der Waals surface area contributed by atoms with Crippen molar-refractivity contribution < 1.29 is 32.3 Å². The maximum absolute atomic E-state index is 12.6. The summed E-state index contributed by atoms with van der Waals surface area (Å²) in [4.78, 5) is 22.0. The number of aromatic carboxylic acids is 1. The Hall–Kier alpha value is -2.03. The molecule has 0 heterocycles. The van der Waals surface area contributed by atoms with E-state index >= 15 is 0 Å². The standard InChI is InChI=1S/C11H9ClF4N2O3/c12-6-1-5(8(19)20)2-7(3-6)18-10(21)17-4-11(15,16)9(13)14/h1-3,9H,4H2,(H,19,20)(H2,17,18,21). The van der Waals surface area contributed by atoms with Crippen molar-refractivity contribution in [2.24, 2.45) is 0 Å². The predicted octanol–water partition coefficient (Wildman–Crippen LogP) is 3.06. The minimum Gasteiger partial charge on any atom is -0.478 e. The van der Waals surface area contributed by atoms with Crippen LogP contribution in [0.25, 0.3) is 0 Å². The highest BCUT2D eigenvalue weighted by molar-refractivity contribution is 6.31. The fraction of sp³-hybridized carbons (Fsp3) is 0.273. The van der Waals surface area contributed by atoms with Gasteiger partial charge in [-0.25, -0.2) is 18.4 Å². The number of hydrogen-bond donors (Lipinski definition) is 3. The predicted molar refractivity (Wildman–Crippen MR) is 66.4 cm³/mol. The van der Waals surface area contributed by atoms with Crippen LogP contribution in [-0.4, -0.2) is 36.0 Å².